The number of rotatable bonds is 5. The van der Waals surface area contributed by atoms with E-state index in [1.165, 1.54) is 0 Å². The molecule has 2 atom stereocenters. The lowest BCUT2D eigenvalue weighted by molar-refractivity contribution is -0.182. The van der Waals surface area contributed by atoms with Crippen LogP contribution in [0.25, 0.3) is 0 Å². The predicted octanol–water partition coefficient (Wildman–Crippen LogP) is 3.25. The summed E-state index contributed by atoms with van der Waals surface area (Å²) < 4.78 is 38.8. The molecular weight excluding hydrogens is 321 g/mol. The number of aliphatic hydroxyl groups is 1. The zero-order chi connectivity index (χ0) is 17.7. The summed E-state index contributed by atoms with van der Waals surface area (Å²) in [6.07, 6.45) is -2.68. The van der Waals surface area contributed by atoms with Crippen LogP contribution in [0.3, 0.4) is 0 Å². The SMILES string of the molecule is Cc1c(N[C@H]2CCC[C@H](C(F)(F)F)C2)cccc1C(=O)NCCO. The molecule has 0 spiro atoms. The van der Waals surface area contributed by atoms with Crippen LogP contribution in [0.1, 0.15) is 41.6 Å². The van der Waals surface area contributed by atoms with Crippen molar-refractivity contribution in [2.75, 3.05) is 18.5 Å². The molecule has 0 saturated heterocycles. The zero-order valence-corrected chi connectivity index (χ0v) is 13.6. The Bertz CT molecular complexity index is 575. The standard InChI is InChI=1S/C17H23F3N2O2/c1-11-14(16(24)21-8-9-23)6-3-7-15(11)22-13-5-2-4-12(10-13)17(18,19)20/h3,6-7,12-13,22-23H,2,4-5,8-10H2,1H3,(H,21,24)/t12-,13-/m0/s1. The summed E-state index contributed by atoms with van der Waals surface area (Å²) in [5.74, 6) is -1.57. The number of nitrogens with one attached hydrogen (secondary N) is 2. The highest BCUT2D eigenvalue weighted by molar-refractivity contribution is 5.97. The van der Waals surface area contributed by atoms with Gasteiger partial charge < -0.3 is 15.7 Å². The molecule has 0 heterocycles. The van der Waals surface area contributed by atoms with Gasteiger partial charge >= 0.3 is 6.18 Å². The Morgan fingerprint density at radius 1 is 1.33 bits per heavy atom. The van der Waals surface area contributed by atoms with Gasteiger partial charge in [-0.05, 0) is 43.9 Å². The highest BCUT2D eigenvalue weighted by Crippen LogP contribution is 2.38. The monoisotopic (exact) mass is 344 g/mol. The number of carbonyl (C=O) groups excluding carboxylic acids is 1. The van der Waals surface area contributed by atoms with E-state index in [0.29, 0.717) is 29.7 Å². The first-order valence-corrected chi connectivity index (χ1v) is 8.15. The second-order valence-electron chi connectivity index (χ2n) is 6.20. The van der Waals surface area contributed by atoms with Crippen molar-refractivity contribution in [3.8, 4) is 0 Å². The number of hydrogen-bond donors (Lipinski definition) is 3. The average Bonchev–Trinajstić information content (AvgIpc) is 2.54. The van der Waals surface area contributed by atoms with E-state index >= 15 is 0 Å². The fourth-order valence-electron chi connectivity index (χ4n) is 3.14. The van der Waals surface area contributed by atoms with Crippen molar-refractivity contribution in [1.29, 1.82) is 0 Å². The fraction of sp³-hybridized carbons (Fsp3) is 0.588. The summed E-state index contributed by atoms with van der Waals surface area (Å²) in [5, 5.41) is 14.5. The van der Waals surface area contributed by atoms with Crippen LogP contribution in [0.5, 0.6) is 0 Å². The van der Waals surface area contributed by atoms with Crippen LogP contribution >= 0.6 is 0 Å². The van der Waals surface area contributed by atoms with Gasteiger partial charge in [0, 0.05) is 23.8 Å². The Kier molecular flexibility index (Phi) is 6.10. The van der Waals surface area contributed by atoms with E-state index in [9.17, 15) is 18.0 Å². The number of aliphatic hydroxyl groups excluding tert-OH is 1. The van der Waals surface area contributed by atoms with Crippen LogP contribution < -0.4 is 10.6 Å². The first kappa shape index (κ1) is 18.6. The maximum atomic E-state index is 12.9. The summed E-state index contributed by atoms with van der Waals surface area (Å²) in [6.45, 7) is 1.77. The molecular formula is C17H23F3N2O2. The minimum atomic E-state index is -4.15. The molecule has 0 radical (unpaired) electrons. The number of carbonyl (C=O) groups is 1. The minimum absolute atomic E-state index is 0.0594. The molecule has 134 valence electrons. The number of anilines is 1. The molecule has 0 aliphatic heterocycles. The lowest BCUT2D eigenvalue weighted by atomic mass is 9.85. The van der Waals surface area contributed by atoms with Crippen molar-refractivity contribution in [3.63, 3.8) is 0 Å². The summed E-state index contributed by atoms with van der Waals surface area (Å²) in [7, 11) is 0. The number of hydrogen-bond acceptors (Lipinski definition) is 3. The first-order chi connectivity index (χ1) is 11.3. The number of halogens is 3. The Balaban J connectivity index is 2.08. The highest BCUT2D eigenvalue weighted by Gasteiger charge is 2.42. The largest absolute Gasteiger partial charge is 0.395 e. The normalized spacial score (nSPS) is 21.4. The third-order valence-electron chi connectivity index (χ3n) is 4.47. The van der Waals surface area contributed by atoms with Gasteiger partial charge in [-0.25, -0.2) is 0 Å². The molecule has 7 heteroatoms. The second kappa shape index (κ2) is 7.88. The zero-order valence-electron chi connectivity index (χ0n) is 13.6. The predicted molar refractivity (Wildman–Crippen MR) is 86.0 cm³/mol. The van der Waals surface area contributed by atoms with Crippen molar-refractivity contribution in [1.82, 2.24) is 5.32 Å². The third-order valence-corrected chi connectivity index (χ3v) is 4.47. The number of benzene rings is 1. The van der Waals surface area contributed by atoms with E-state index in [1.54, 1.807) is 25.1 Å². The van der Waals surface area contributed by atoms with Crippen LogP contribution in [0, 0.1) is 12.8 Å². The molecule has 1 aliphatic rings. The van der Waals surface area contributed by atoms with Gasteiger partial charge in [-0.15, -0.1) is 0 Å². The molecule has 0 bridgehead atoms. The Labute approximate surface area is 139 Å². The summed E-state index contributed by atoms with van der Waals surface area (Å²) in [5.41, 5.74) is 1.83. The lowest BCUT2D eigenvalue weighted by Gasteiger charge is -2.32. The van der Waals surface area contributed by atoms with Crippen LogP contribution in [0.2, 0.25) is 0 Å². The van der Waals surface area contributed by atoms with Gasteiger partial charge in [0.15, 0.2) is 0 Å². The molecule has 2 rings (SSSR count). The van der Waals surface area contributed by atoms with Gasteiger partial charge in [0.25, 0.3) is 5.91 Å². The molecule has 4 nitrogen and oxygen atoms in total. The Morgan fingerprint density at radius 3 is 2.75 bits per heavy atom. The summed E-state index contributed by atoms with van der Waals surface area (Å²) >= 11 is 0. The molecule has 1 aromatic carbocycles. The quantitative estimate of drug-likeness (QED) is 0.768. The molecule has 1 amide bonds. The minimum Gasteiger partial charge on any atom is -0.395 e. The second-order valence-corrected chi connectivity index (χ2v) is 6.20. The van der Waals surface area contributed by atoms with Crippen molar-refractivity contribution in [2.45, 2.75) is 44.8 Å². The van der Waals surface area contributed by atoms with Crippen molar-refractivity contribution in [2.24, 2.45) is 5.92 Å². The number of amides is 1. The van der Waals surface area contributed by atoms with Crippen molar-refractivity contribution >= 4 is 11.6 Å². The van der Waals surface area contributed by atoms with Gasteiger partial charge in [-0.3, -0.25) is 4.79 Å². The van der Waals surface area contributed by atoms with E-state index < -0.39 is 12.1 Å². The maximum absolute atomic E-state index is 12.9. The highest BCUT2D eigenvalue weighted by atomic mass is 19.4. The van der Waals surface area contributed by atoms with Crippen LogP contribution in [0.4, 0.5) is 18.9 Å². The molecule has 1 fully saturated rings. The van der Waals surface area contributed by atoms with Crippen LogP contribution in [-0.4, -0.2) is 36.4 Å². The molecule has 24 heavy (non-hydrogen) atoms. The van der Waals surface area contributed by atoms with Gasteiger partial charge in [-0.1, -0.05) is 12.5 Å². The average molecular weight is 344 g/mol. The Hall–Kier alpha value is -1.76. The van der Waals surface area contributed by atoms with E-state index in [4.69, 9.17) is 5.11 Å². The fourth-order valence-corrected chi connectivity index (χ4v) is 3.14. The van der Waals surface area contributed by atoms with Gasteiger partial charge in [0.05, 0.1) is 12.5 Å². The molecule has 1 aromatic rings. The molecule has 3 N–H and O–H groups in total. The van der Waals surface area contributed by atoms with Crippen LogP contribution in [0.15, 0.2) is 18.2 Å². The number of alkyl halides is 3. The van der Waals surface area contributed by atoms with Crippen LogP contribution in [-0.2, 0) is 0 Å². The first-order valence-electron chi connectivity index (χ1n) is 8.15. The van der Waals surface area contributed by atoms with Gasteiger partial charge in [-0.2, -0.15) is 13.2 Å². The summed E-state index contributed by atoms with van der Waals surface area (Å²) in [4.78, 5) is 12.1. The van der Waals surface area contributed by atoms with E-state index in [1.807, 2.05) is 0 Å². The van der Waals surface area contributed by atoms with E-state index in [-0.39, 0.29) is 37.9 Å². The van der Waals surface area contributed by atoms with Gasteiger partial charge in [0.2, 0.25) is 0 Å². The van der Waals surface area contributed by atoms with Crippen molar-refractivity contribution < 1.29 is 23.1 Å². The van der Waals surface area contributed by atoms with E-state index in [2.05, 4.69) is 10.6 Å². The molecule has 1 aliphatic carbocycles. The maximum Gasteiger partial charge on any atom is 0.391 e. The van der Waals surface area contributed by atoms with E-state index in [0.717, 1.165) is 0 Å². The molecule has 1 saturated carbocycles. The lowest BCUT2D eigenvalue weighted by Crippen LogP contribution is -2.35. The van der Waals surface area contributed by atoms with Crippen molar-refractivity contribution in [3.05, 3.63) is 29.3 Å². The van der Waals surface area contributed by atoms with Gasteiger partial charge in [0.1, 0.15) is 0 Å². The molecule has 0 aromatic heterocycles. The summed E-state index contributed by atoms with van der Waals surface area (Å²) in [6, 6.07) is 4.88. The smallest absolute Gasteiger partial charge is 0.391 e. The Morgan fingerprint density at radius 2 is 2.08 bits per heavy atom. The molecule has 0 unspecified atom stereocenters. The third kappa shape index (κ3) is 4.63. The topological polar surface area (TPSA) is 61.4 Å².